The summed E-state index contributed by atoms with van der Waals surface area (Å²) in [6.07, 6.45) is 3.13. The maximum Gasteiger partial charge on any atom is 0.244 e. The first kappa shape index (κ1) is 15.9. The van der Waals surface area contributed by atoms with Crippen LogP contribution in [-0.2, 0) is 4.79 Å². The molecule has 0 aliphatic heterocycles. The highest BCUT2D eigenvalue weighted by molar-refractivity contribution is 5.92. The first-order valence-corrected chi connectivity index (χ1v) is 7.85. The lowest BCUT2D eigenvalue weighted by molar-refractivity contribution is -0.116. The van der Waals surface area contributed by atoms with Crippen LogP contribution in [0.3, 0.4) is 0 Å². The number of para-hydroxylation sites is 1. The van der Waals surface area contributed by atoms with Crippen LogP contribution >= 0.6 is 0 Å². The smallest absolute Gasteiger partial charge is 0.244 e. The van der Waals surface area contributed by atoms with Crippen LogP contribution in [0, 0.1) is 6.92 Å². The van der Waals surface area contributed by atoms with Gasteiger partial charge >= 0.3 is 0 Å². The summed E-state index contributed by atoms with van der Waals surface area (Å²) in [5.74, 6) is 1.28. The van der Waals surface area contributed by atoms with Crippen molar-refractivity contribution in [2.45, 2.75) is 6.92 Å². The van der Waals surface area contributed by atoms with Gasteiger partial charge in [-0.1, -0.05) is 30.3 Å². The van der Waals surface area contributed by atoms with Crippen molar-refractivity contribution in [3.05, 3.63) is 72.0 Å². The molecular weight excluding hydrogens is 302 g/mol. The number of amides is 1. The predicted octanol–water partition coefficient (Wildman–Crippen LogP) is 3.95. The molecule has 0 saturated carbocycles. The van der Waals surface area contributed by atoms with Gasteiger partial charge in [-0.25, -0.2) is 0 Å². The zero-order valence-electron chi connectivity index (χ0n) is 13.5. The summed E-state index contributed by atoms with van der Waals surface area (Å²) >= 11 is 0. The van der Waals surface area contributed by atoms with Crippen LogP contribution in [0.15, 0.2) is 65.1 Å². The minimum Gasteiger partial charge on any atom is -0.492 e. The van der Waals surface area contributed by atoms with Crippen LogP contribution in [-0.4, -0.2) is 19.1 Å². The van der Waals surface area contributed by atoms with Gasteiger partial charge in [0.2, 0.25) is 5.91 Å². The lowest BCUT2D eigenvalue weighted by Gasteiger charge is -2.07. The van der Waals surface area contributed by atoms with Crippen molar-refractivity contribution >= 4 is 23.0 Å². The summed E-state index contributed by atoms with van der Waals surface area (Å²) in [6, 6.07) is 17.5. The first-order chi connectivity index (χ1) is 11.7. The van der Waals surface area contributed by atoms with Crippen molar-refractivity contribution in [3.63, 3.8) is 0 Å². The third-order valence-corrected chi connectivity index (χ3v) is 3.50. The van der Waals surface area contributed by atoms with Crippen LogP contribution in [0.5, 0.6) is 5.75 Å². The second-order valence-corrected chi connectivity index (χ2v) is 5.48. The Morgan fingerprint density at radius 1 is 1.17 bits per heavy atom. The monoisotopic (exact) mass is 321 g/mol. The number of hydrogen-bond acceptors (Lipinski definition) is 3. The van der Waals surface area contributed by atoms with Crippen LogP contribution in [0.25, 0.3) is 17.0 Å². The van der Waals surface area contributed by atoms with Gasteiger partial charge in [-0.3, -0.25) is 4.79 Å². The standard InChI is InChI=1S/C20H19NO3/c1-15-5-4-7-17(13-15)23-12-11-21-20(22)10-9-18-14-16-6-2-3-8-19(16)24-18/h2-10,13-14H,11-12H2,1H3,(H,21,22)/b10-9+. The molecule has 0 aliphatic rings. The van der Waals surface area contributed by atoms with E-state index < -0.39 is 0 Å². The Bertz CT molecular complexity index is 831. The van der Waals surface area contributed by atoms with Gasteiger partial charge in [0, 0.05) is 11.5 Å². The molecule has 0 fully saturated rings. The maximum atomic E-state index is 11.8. The predicted molar refractivity (Wildman–Crippen MR) is 94.9 cm³/mol. The maximum absolute atomic E-state index is 11.8. The van der Waals surface area contributed by atoms with E-state index in [0.29, 0.717) is 18.9 Å². The van der Waals surface area contributed by atoms with Crippen LogP contribution in [0.4, 0.5) is 0 Å². The molecule has 0 radical (unpaired) electrons. The van der Waals surface area contributed by atoms with Crippen LogP contribution in [0.2, 0.25) is 0 Å². The molecular formula is C20H19NO3. The van der Waals surface area contributed by atoms with E-state index in [1.807, 2.05) is 61.5 Å². The molecule has 24 heavy (non-hydrogen) atoms. The topological polar surface area (TPSA) is 51.5 Å². The lowest BCUT2D eigenvalue weighted by atomic mass is 10.2. The highest BCUT2D eigenvalue weighted by Crippen LogP contribution is 2.19. The van der Waals surface area contributed by atoms with Gasteiger partial charge in [-0.15, -0.1) is 0 Å². The Hall–Kier alpha value is -3.01. The third kappa shape index (κ3) is 4.26. The van der Waals surface area contributed by atoms with Crippen molar-refractivity contribution in [3.8, 4) is 5.75 Å². The van der Waals surface area contributed by atoms with Gasteiger partial charge in [0.15, 0.2) is 0 Å². The Kier molecular flexibility index (Phi) is 4.96. The van der Waals surface area contributed by atoms with Gasteiger partial charge in [-0.05, 0) is 42.8 Å². The number of benzene rings is 2. The van der Waals surface area contributed by atoms with Crippen molar-refractivity contribution in [1.29, 1.82) is 0 Å². The summed E-state index contributed by atoms with van der Waals surface area (Å²) in [5, 5.41) is 3.80. The molecule has 2 aromatic carbocycles. The fourth-order valence-corrected chi connectivity index (χ4v) is 2.35. The largest absolute Gasteiger partial charge is 0.492 e. The van der Waals surface area contributed by atoms with E-state index in [1.54, 1.807) is 6.08 Å². The van der Waals surface area contributed by atoms with E-state index in [9.17, 15) is 4.79 Å². The highest BCUT2D eigenvalue weighted by atomic mass is 16.5. The van der Waals surface area contributed by atoms with E-state index in [-0.39, 0.29) is 5.91 Å². The molecule has 1 N–H and O–H groups in total. The molecule has 0 atom stereocenters. The molecule has 1 aromatic heterocycles. The lowest BCUT2D eigenvalue weighted by Crippen LogP contribution is -2.26. The van der Waals surface area contributed by atoms with E-state index in [1.165, 1.54) is 6.08 Å². The van der Waals surface area contributed by atoms with Gasteiger partial charge in [0.05, 0.1) is 6.54 Å². The number of furan rings is 1. The summed E-state index contributed by atoms with van der Waals surface area (Å²) in [6.45, 7) is 2.88. The van der Waals surface area contributed by atoms with Crippen molar-refractivity contribution in [2.24, 2.45) is 0 Å². The van der Waals surface area contributed by atoms with Gasteiger partial charge in [0.1, 0.15) is 23.7 Å². The minimum atomic E-state index is -0.178. The molecule has 122 valence electrons. The SMILES string of the molecule is Cc1cccc(OCCNC(=O)/C=C/c2cc3ccccc3o2)c1. The molecule has 0 saturated heterocycles. The molecule has 0 bridgehead atoms. The average Bonchev–Trinajstić information content (AvgIpc) is 3.00. The van der Waals surface area contributed by atoms with E-state index in [0.717, 1.165) is 22.3 Å². The van der Waals surface area contributed by atoms with Crippen molar-refractivity contribution in [2.75, 3.05) is 13.2 Å². The Morgan fingerprint density at radius 2 is 2.04 bits per heavy atom. The van der Waals surface area contributed by atoms with Crippen molar-refractivity contribution < 1.29 is 13.9 Å². The number of carbonyl (C=O) groups excluding carboxylic acids is 1. The van der Waals surface area contributed by atoms with Gasteiger partial charge < -0.3 is 14.5 Å². The summed E-state index contributed by atoms with van der Waals surface area (Å²) in [7, 11) is 0. The zero-order valence-corrected chi connectivity index (χ0v) is 13.5. The van der Waals surface area contributed by atoms with Crippen LogP contribution < -0.4 is 10.1 Å². The minimum absolute atomic E-state index is 0.178. The summed E-state index contributed by atoms with van der Waals surface area (Å²) < 4.78 is 11.2. The van der Waals surface area contributed by atoms with Gasteiger partial charge in [0.25, 0.3) is 0 Å². The van der Waals surface area contributed by atoms with Crippen LogP contribution in [0.1, 0.15) is 11.3 Å². The molecule has 0 spiro atoms. The number of hydrogen-bond donors (Lipinski definition) is 1. The first-order valence-electron chi connectivity index (χ1n) is 7.85. The number of aryl methyl sites for hydroxylation is 1. The number of carbonyl (C=O) groups is 1. The van der Waals surface area contributed by atoms with E-state index in [4.69, 9.17) is 9.15 Å². The Labute approximate surface area is 140 Å². The Morgan fingerprint density at radius 3 is 2.88 bits per heavy atom. The quantitative estimate of drug-likeness (QED) is 0.552. The van der Waals surface area contributed by atoms with E-state index in [2.05, 4.69) is 5.32 Å². The summed E-state index contributed by atoms with van der Waals surface area (Å²) in [5.41, 5.74) is 1.95. The molecule has 0 aliphatic carbocycles. The number of nitrogens with one attached hydrogen (secondary N) is 1. The third-order valence-electron chi connectivity index (χ3n) is 3.50. The second kappa shape index (κ2) is 7.51. The number of fused-ring (bicyclic) bond motifs is 1. The molecule has 1 heterocycles. The molecule has 0 unspecified atom stereocenters. The number of rotatable bonds is 6. The highest BCUT2D eigenvalue weighted by Gasteiger charge is 2.01. The Balaban J connectivity index is 1.45. The molecule has 3 rings (SSSR count). The van der Waals surface area contributed by atoms with Gasteiger partial charge in [-0.2, -0.15) is 0 Å². The number of ether oxygens (including phenoxy) is 1. The average molecular weight is 321 g/mol. The van der Waals surface area contributed by atoms with Crippen molar-refractivity contribution in [1.82, 2.24) is 5.32 Å². The molecule has 3 aromatic rings. The molecule has 1 amide bonds. The second-order valence-electron chi connectivity index (χ2n) is 5.48. The fourth-order valence-electron chi connectivity index (χ4n) is 2.35. The van der Waals surface area contributed by atoms with E-state index >= 15 is 0 Å². The molecule has 4 nitrogen and oxygen atoms in total. The zero-order chi connectivity index (χ0) is 16.8. The fraction of sp³-hybridized carbons (Fsp3) is 0.150. The summed E-state index contributed by atoms with van der Waals surface area (Å²) in [4.78, 5) is 11.8. The molecule has 4 heteroatoms. The normalized spacial score (nSPS) is 11.0.